The van der Waals surface area contributed by atoms with E-state index in [2.05, 4.69) is 6.58 Å². The third kappa shape index (κ3) is 2.38. The highest BCUT2D eigenvalue weighted by Gasteiger charge is 2.07. The molecule has 0 saturated carbocycles. The van der Waals surface area contributed by atoms with Crippen LogP contribution in [0.1, 0.15) is 16.7 Å². The van der Waals surface area contributed by atoms with Crippen LogP contribution in [0.2, 0.25) is 0 Å². The van der Waals surface area contributed by atoms with Crippen LogP contribution in [0.15, 0.2) is 49.0 Å². The topological polar surface area (TPSA) is 29.5 Å². The second kappa shape index (κ2) is 4.96. The Bertz CT molecular complexity index is 568. The van der Waals surface area contributed by atoms with Gasteiger partial charge in [-0.15, -0.1) is 0 Å². The van der Waals surface area contributed by atoms with Gasteiger partial charge in [-0.25, -0.2) is 0 Å². The number of rotatable bonds is 3. The van der Waals surface area contributed by atoms with Crippen LogP contribution >= 0.6 is 0 Å². The summed E-state index contributed by atoms with van der Waals surface area (Å²) in [4.78, 5) is 0. The number of aromatic hydroxyl groups is 1. The van der Waals surface area contributed by atoms with Gasteiger partial charge >= 0.3 is 0 Å². The molecule has 0 aliphatic carbocycles. The number of hydrogen-bond acceptors (Lipinski definition) is 2. The van der Waals surface area contributed by atoms with Gasteiger partial charge in [0.05, 0.1) is 7.11 Å². The van der Waals surface area contributed by atoms with E-state index < -0.39 is 0 Å². The maximum atomic E-state index is 9.94. The molecule has 0 unspecified atom stereocenters. The van der Waals surface area contributed by atoms with Gasteiger partial charge in [-0.1, -0.05) is 30.8 Å². The zero-order valence-corrected chi connectivity index (χ0v) is 10.6. The number of aryl methyl sites for hydroxylation is 1. The molecule has 2 aromatic rings. The molecular weight excluding hydrogens is 224 g/mol. The number of phenols is 1. The minimum absolute atomic E-state index is 0.260. The summed E-state index contributed by atoms with van der Waals surface area (Å²) in [5.41, 5.74) is 3.55. The molecule has 0 atom stereocenters. The fourth-order valence-corrected chi connectivity index (χ4v) is 1.84. The second-order valence-corrected chi connectivity index (χ2v) is 4.23. The maximum absolute atomic E-state index is 9.94. The number of methoxy groups -OCH3 is 1. The van der Waals surface area contributed by atoms with E-state index in [9.17, 15) is 5.11 Å². The minimum atomic E-state index is 0.260. The Balaban J connectivity index is 2.35. The van der Waals surface area contributed by atoms with Crippen molar-refractivity contribution in [2.24, 2.45) is 0 Å². The molecule has 2 nitrogen and oxygen atoms in total. The van der Waals surface area contributed by atoms with Crippen LogP contribution in [-0.4, -0.2) is 12.2 Å². The molecule has 0 aliphatic heterocycles. The lowest BCUT2D eigenvalue weighted by molar-refractivity contribution is 0.415. The molecule has 1 N–H and O–H groups in total. The van der Waals surface area contributed by atoms with Crippen molar-refractivity contribution in [3.05, 3.63) is 65.7 Å². The van der Waals surface area contributed by atoms with Crippen molar-refractivity contribution in [3.8, 4) is 11.5 Å². The molecular formula is C16H16O2. The first-order valence-corrected chi connectivity index (χ1v) is 5.75. The zero-order valence-electron chi connectivity index (χ0n) is 10.6. The monoisotopic (exact) mass is 240 g/mol. The molecule has 0 aliphatic rings. The van der Waals surface area contributed by atoms with Crippen LogP contribution in [0, 0.1) is 6.92 Å². The van der Waals surface area contributed by atoms with Gasteiger partial charge in [0.1, 0.15) is 11.5 Å². The van der Waals surface area contributed by atoms with Gasteiger partial charge in [0.15, 0.2) is 0 Å². The molecule has 0 bridgehead atoms. The molecule has 0 saturated heterocycles. The van der Waals surface area contributed by atoms with E-state index in [1.54, 1.807) is 13.2 Å². The predicted molar refractivity (Wildman–Crippen MR) is 74.0 cm³/mol. The molecule has 2 heteroatoms. The lowest BCUT2D eigenvalue weighted by atomic mass is 9.98. The summed E-state index contributed by atoms with van der Waals surface area (Å²) in [6.07, 6.45) is 0. The van der Waals surface area contributed by atoms with Crippen molar-refractivity contribution in [1.82, 2.24) is 0 Å². The molecule has 0 aromatic heterocycles. The average molecular weight is 240 g/mol. The molecule has 0 heterocycles. The quantitative estimate of drug-likeness (QED) is 0.884. The van der Waals surface area contributed by atoms with Crippen molar-refractivity contribution < 1.29 is 9.84 Å². The first-order valence-electron chi connectivity index (χ1n) is 5.75. The van der Waals surface area contributed by atoms with E-state index in [-0.39, 0.29) is 5.75 Å². The van der Waals surface area contributed by atoms with E-state index in [4.69, 9.17) is 4.74 Å². The standard InChI is InChI=1S/C16H16O2/c1-11-4-9-15(16(17)10-11)12(2)13-5-7-14(18-3)8-6-13/h4-10,17H,2H2,1,3H3. The van der Waals surface area contributed by atoms with E-state index >= 15 is 0 Å². The Morgan fingerprint density at radius 2 is 1.78 bits per heavy atom. The first-order chi connectivity index (χ1) is 8.61. The number of ether oxygens (including phenoxy) is 1. The summed E-state index contributed by atoms with van der Waals surface area (Å²) >= 11 is 0. The summed E-state index contributed by atoms with van der Waals surface area (Å²) in [5.74, 6) is 1.07. The largest absolute Gasteiger partial charge is 0.507 e. The van der Waals surface area contributed by atoms with Crippen molar-refractivity contribution in [3.63, 3.8) is 0 Å². The Morgan fingerprint density at radius 1 is 1.11 bits per heavy atom. The minimum Gasteiger partial charge on any atom is -0.507 e. The maximum Gasteiger partial charge on any atom is 0.123 e. The van der Waals surface area contributed by atoms with Gasteiger partial charge in [-0.3, -0.25) is 0 Å². The SMILES string of the molecule is C=C(c1ccc(OC)cc1)c1ccc(C)cc1O. The third-order valence-electron chi connectivity index (χ3n) is 2.92. The van der Waals surface area contributed by atoms with E-state index in [1.165, 1.54) is 0 Å². The lowest BCUT2D eigenvalue weighted by Gasteiger charge is -2.10. The Labute approximate surface area is 107 Å². The highest BCUT2D eigenvalue weighted by atomic mass is 16.5. The molecule has 2 aromatic carbocycles. The smallest absolute Gasteiger partial charge is 0.123 e. The molecule has 18 heavy (non-hydrogen) atoms. The average Bonchev–Trinajstić information content (AvgIpc) is 2.38. The Kier molecular flexibility index (Phi) is 3.38. The van der Waals surface area contributed by atoms with E-state index in [0.717, 1.165) is 28.0 Å². The number of hydrogen-bond donors (Lipinski definition) is 1. The second-order valence-electron chi connectivity index (χ2n) is 4.23. The summed E-state index contributed by atoms with van der Waals surface area (Å²) in [7, 11) is 1.63. The molecule has 92 valence electrons. The van der Waals surface area contributed by atoms with Crippen LogP contribution in [0.5, 0.6) is 11.5 Å². The van der Waals surface area contributed by atoms with Gasteiger partial charge in [-0.05, 0) is 41.8 Å². The predicted octanol–water partition coefficient (Wildman–Crippen LogP) is 3.77. The van der Waals surface area contributed by atoms with Gasteiger partial charge < -0.3 is 9.84 Å². The summed E-state index contributed by atoms with van der Waals surface area (Å²) < 4.78 is 5.12. The van der Waals surface area contributed by atoms with E-state index in [0.29, 0.717) is 0 Å². The Hall–Kier alpha value is -2.22. The Morgan fingerprint density at radius 3 is 2.33 bits per heavy atom. The van der Waals surface area contributed by atoms with Crippen LogP contribution in [-0.2, 0) is 0 Å². The van der Waals surface area contributed by atoms with Gasteiger partial charge in [-0.2, -0.15) is 0 Å². The molecule has 0 amide bonds. The molecule has 2 rings (SSSR count). The zero-order chi connectivity index (χ0) is 13.1. The van der Waals surface area contributed by atoms with Crippen molar-refractivity contribution in [2.45, 2.75) is 6.92 Å². The number of benzene rings is 2. The van der Waals surface area contributed by atoms with E-state index in [1.807, 2.05) is 43.3 Å². The molecule has 0 fully saturated rings. The van der Waals surface area contributed by atoms with Gasteiger partial charge in [0.25, 0.3) is 0 Å². The van der Waals surface area contributed by atoms with Gasteiger partial charge in [0.2, 0.25) is 0 Å². The summed E-state index contributed by atoms with van der Waals surface area (Å²) in [6, 6.07) is 13.2. The normalized spacial score (nSPS) is 10.1. The highest BCUT2D eigenvalue weighted by Crippen LogP contribution is 2.30. The molecule has 0 radical (unpaired) electrons. The summed E-state index contributed by atoms with van der Waals surface area (Å²) in [5, 5.41) is 9.94. The number of phenolic OH excluding ortho intramolecular Hbond substituents is 1. The lowest BCUT2D eigenvalue weighted by Crippen LogP contribution is -1.89. The third-order valence-corrected chi connectivity index (χ3v) is 2.92. The van der Waals surface area contributed by atoms with Crippen LogP contribution in [0.3, 0.4) is 0 Å². The van der Waals surface area contributed by atoms with Crippen LogP contribution in [0.4, 0.5) is 0 Å². The van der Waals surface area contributed by atoms with Crippen LogP contribution < -0.4 is 4.74 Å². The van der Waals surface area contributed by atoms with Crippen molar-refractivity contribution in [2.75, 3.05) is 7.11 Å². The first kappa shape index (κ1) is 12.2. The van der Waals surface area contributed by atoms with Crippen LogP contribution in [0.25, 0.3) is 5.57 Å². The van der Waals surface area contributed by atoms with Gasteiger partial charge in [0, 0.05) is 5.56 Å². The van der Waals surface area contributed by atoms with Crippen molar-refractivity contribution >= 4 is 5.57 Å². The highest BCUT2D eigenvalue weighted by molar-refractivity contribution is 5.81. The fourth-order valence-electron chi connectivity index (χ4n) is 1.84. The molecule has 0 spiro atoms. The van der Waals surface area contributed by atoms with Crippen molar-refractivity contribution in [1.29, 1.82) is 0 Å². The fraction of sp³-hybridized carbons (Fsp3) is 0.125. The summed E-state index contributed by atoms with van der Waals surface area (Å²) in [6.45, 7) is 5.98.